The average Bonchev–Trinajstić information content (AvgIpc) is 2.13. The van der Waals surface area contributed by atoms with E-state index in [-0.39, 0.29) is 6.04 Å². The molecule has 3 heteroatoms. The highest BCUT2D eigenvalue weighted by Gasteiger charge is 2.34. The van der Waals surface area contributed by atoms with Gasteiger partial charge in [-0.05, 0) is 19.8 Å². The monoisotopic (exact) mass is 185 g/mol. The Bertz CT molecular complexity index is 185. The van der Waals surface area contributed by atoms with Crippen LogP contribution in [-0.2, 0) is 4.79 Å². The van der Waals surface area contributed by atoms with Gasteiger partial charge in [0.15, 0.2) is 0 Å². The fraction of sp³-hybridized carbons (Fsp3) is 0.700. The highest BCUT2D eigenvalue weighted by molar-refractivity contribution is 5.78. The molecule has 0 bridgehead atoms. The highest BCUT2D eigenvalue weighted by atomic mass is 16.4. The molecule has 76 valence electrons. The number of nitrogens with one attached hydrogen (secondary N) is 1. The highest BCUT2D eigenvalue weighted by Crippen LogP contribution is 2.16. The van der Waals surface area contributed by atoms with Crippen LogP contribution in [0.4, 0.5) is 0 Å². The van der Waals surface area contributed by atoms with E-state index in [1.807, 2.05) is 20.8 Å². The van der Waals surface area contributed by atoms with E-state index in [9.17, 15) is 4.79 Å². The lowest BCUT2D eigenvalue weighted by Gasteiger charge is -2.30. The standard InChI is InChI=1S/C10H19NO2/c1-5-8(4)11-10(6-2,7-3)9(12)13/h5,8,11H,1,6-7H2,2-4H3,(H,12,13). The number of aliphatic carboxylic acids is 1. The van der Waals surface area contributed by atoms with Crippen molar-refractivity contribution in [2.45, 2.75) is 45.2 Å². The van der Waals surface area contributed by atoms with Gasteiger partial charge >= 0.3 is 5.97 Å². The topological polar surface area (TPSA) is 49.3 Å². The minimum atomic E-state index is -0.798. The van der Waals surface area contributed by atoms with Crippen molar-refractivity contribution in [1.29, 1.82) is 0 Å². The Hall–Kier alpha value is -0.830. The van der Waals surface area contributed by atoms with Crippen molar-refractivity contribution < 1.29 is 9.90 Å². The van der Waals surface area contributed by atoms with Gasteiger partial charge in [0.05, 0.1) is 0 Å². The van der Waals surface area contributed by atoms with E-state index in [0.29, 0.717) is 12.8 Å². The van der Waals surface area contributed by atoms with Crippen LogP contribution in [0.2, 0.25) is 0 Å². The number of carboxylic acid groups (broad SMARTS) is 1. The first-order chi connectivity index (χ1) is 6.02. The molecule has 0 rings (SSSR count). The fourth-order valence-corrected chi connectivity index (χ4v) is 1.31. The molecule has 0 aliphatic heterocycles. The van der Waals surface area contributed by atoms with Crippen molar-refractivity contribution in [2.75, 3.05) is 0 Å². The summed E-state index contributed by atoms with van der Waals surface area (Å²) in [5.74, 6) is -0.786. The van der Waals surface area contributed by atoms with Gasteiger partial charge in [-0.3, -0.25) is 10.1 Å². The minimum absolute atomic E-state index is 0.0241. The number of carboxylic acids is 1. The molecule has 0 aromatic heterocycles. The Kier molecular flexibility index (Phi) is 4.70. The zero-order chi connectivity index (χ0) is 10.5. The normalized spacial score (nSPS) is 13.8. The lowest BCUT2D eigenvalue weighted by Crippen LogP contribution is -2.54. The number of carbonyl (C=O) groups is 1. The molecule has 1 atom stereocenters. The molecular weight excluding hydrogens is 166 g/mol. The van der Waals surface area contributed by atoms with Gasteiger partial charge in [0.1, 0.15) is 5.54 Å². The van der Waals surface area contributed by atoms with Gasteiger partial charge in [0.2, 0.25) is 0 Å². The molecule has 3 nitrogen and oxygen atoms in total. The maximum Gasteiger partial charge on any atom is 0.323 e. The van der Waals surface area contributed by atoms with Crippen molar-refractivity contribution in [3.05, 3.63) is 12.7 Å². The Morgan fingerprint density at radius 3 is 2.31 bits per heavy atom. The van der Waals surface area contributed by atoms with E-state index < -0.39 is 11.5 Å². The van der Waals surface area contributed by atoms with Gasteiger partial charge < -0.3 is 5.11 Å². The molecule has 0 aliphatic carbocycles. The minimum Gasteiger partial charge on any atom is -0.480 e. The van der Waals surface area contributed by atoms with Gasteiger partial charge in [-0.2, -0.15) is 0 Å². The molecule has 0 aliphatic rings. The third-order valence-electron chi connectivity index (χ3n) is 2.47. The smallest absolute Gasteiger partial charge is 0.323 e. The summed E-state index contributed by atoms with van der Waals surface area (Å²) in [5.41, 5.74) is -0.798. The zero-order valence-electron chi connectivity index (χ0n) is 8.63. The van der Waals surface area contributed by atoms with Crippen molar-refractivity contribution in [1.82, 2.24) is 5.32 Å². The molecule has 13 heavy (non-hydrogen) atoms. The molecule has 2 N–H and O–H groups in total. The van der Waals surface area contributed by atoms with E-state index in [0.717, 1.165) is 0 Å². The van der Waals surface area contributed by atoms with Gasteiger partial charge in [-0.15, -0.1) is 6.58 Å². The van der Waals surface area contributed by atoms with E-state index in [4.69, 9.17) is 5.11 Å². The summed E-state index contributed by atoms with van der Waals surface area (Å²) in [6.45, 7) is 9.27. The van der Waals surface area contributed by atoms with Gasteiger partial charge in [0.25, 0.3) is 0 Å². The van der Waals surface area contributed by atoms with Crippen LogP contribution in [0, 0.1) is 0 Å². The lowest BCUT2D eigenvalue weighted by atomic mass is 9.92. The molecule has 0 amide bonds. The van der Waals surface area contributed by atoms with E-state index in [1.54, 1.807) is 6.08 Å². The molecule has 0 spiro atoms. The molecule has 0 saturated carbocycles. The van der Waals surface area contributed by atoms with Crippen molar-refractivity contribution >= 4 is 5.97 Å². The molecule has 0 saturated heterocycles. The summed E-state index contributed by atoms with van der Waals surface area (Å²) in [4.78, 5) is 11.0. The average molecular weight is 185 g/mol. The second-order valence-electron chi connectivity index (χ2n) is 3.26. The summed E-state index contributed by atoms with van der Waals surface area (Å²) in [6.07, 6.45) is 2.87. The van der Waals surface area contributed by atoms with Crippen LogP contribution in [-0.4, -0.2) is 22.7 Å². The predicted molar refractivity (Wildman–Crippen MR) is 53.7 cm³/mol. The lowest BCUT2D eigenvalue weighted by molar-refractivity contribution is -0.145. The maximum absolute atomic E-state index is 11.0. The summed E-state index contributed by atoms with van der Waals surface area (Å²) in [6, 6.07) is 0.0241. The Balaban J connectivity index is 4.57. The third-order valence-corrected chi connectivity index (χ3v) is 2.47. The van der Waals surface area contributed by atoms with Crippen molar-refractivity contribution in [3.8, 4) is 0 Å². The van der Waals surface area contributed by atoms with Crippen LogP contribution in [0.3, 0.4) is 0 Å². The van der Waals surface area contributed by atoms with Gasteiger partial charge in [0, 0.05) is 6.04 Å². The third kappa shape index (κ3) is 2.84. The van der Waals surface area contributed by atoms with Gasteiger partial charge in [-0.25, -0.2) is 0 Å². The second-order valence-corrected chi connectivity index (χ2v) is 3.26. The summed E-state index contributed by atoms with van der Waals surface area (Å²) in [5, 5.41) is 12.1. The summed E-state index contributed by atoms with van der Waals surface area (Å²) >= 11 is 0. The zero-order valence-corrected chi connectivity index (χ0v) is 8.63. The molecule has 0 aromatic rings. The number of rotatable bonds is 6. The quantitative estimate of drug-likeness (QED) is 0.620. The fourth-order valence-electron chi connectivity index (χ4n) is 1.31. The van der Waals surface area contributed by atoms with Crippen LogP contribution in [0.15, 0.2) is 12.7 Å². The largest absolute Gasteiger partial charge is 0.480 e. The maximum atomic E-state index is 11.0. The summed E-state index contributed by atoms with van der Waals surface area (Å²) in [7, 11) is 0. The van der Waals surface area contributed by atoms with Crippen LogP contribution in [0.5, 0.6) is 0 Å². The molecule has 1 unspecified atom stereocenters. The van der Waals surface area contributed by atoms with Crippen molar-refractivity contribution in [2.24, 2.45) is 0 Å². The van der Waals surface area contributed by atoms with Crippen LogP contribution < -0.4 is 5.32 Å². The number of hydrogen-bond acceptors (Lipinski definition) is 2. The van der Waals surface area contributed by atoms with Gasteiger partial charge in [-0.1, -0.05) is 19.9 Å². The second kappa shape index (κ2) is 5.02. The Labute approximate surface area is 79.8 Å². The SMILES string of the molecule is C=CC(C)NC(CC)(CC)C(=O)O. The van der Waals surface area contributed by atoms with Crippen LogP contribution in [0.1, 0.15) is 33.6 Å². The number of hydrogen-bond donors (Lipinski definition) is 2. The Morgan fingerprint density at radius 2 is 2.08 bits per heavy atom. The molecular formula is C10H19NO2. The molecule has 0 heterocycles. The first kappa shape index (κ1) is 12.2. The van der Waals surface area contributed by atoms with E-state index in [2.05, 4.69) is 11.9 Å². The first-order valence-corrected chi connectivity index (χ1v) is 4.66. The van der Waals surface area contributed by atoms with E-state index >= 15 is 0 Å². The predicted octanol–water partition coefficient (Wildman–Crippen LogP) is 1.79. The molecule has 0 radical (unpaired) electrons. The Morgan fingerprint density at radius 1 is 1.62 bits per heavy atom. The van der Waals surface area contributed by atoms with Crippen LogP contribution in [0.25, 0.3) is 0 Å². The first-order valence-electron chi connectivity index (χ1n) is 4.66. The molecule has 0 fully saturated rings. The van der Waals surface area contributed by atoms with Crippen molar-refractivity contribution in [3.63, 3.8) is 0 Å². The van der Waals surface area contributed by atoms with E-state index in [1.165, 1.54) is 0 Å². The van der Waals surface area contributed by atoms with Crippen LogP contribution >= 0.6 is 0 Å². The summed E-state index contributed by atoms with van der Waals surface area (Å²) < 4.78 is 0. The molecule has 0 aromatic carbocycles.